The fourth-order valence-corrected chi connectivity index (χ4v) is 3.25. The van der Waals surface area contributed by atoms with Gasteiger partial charge in [0.25, 0.3) is 5.91 Å². The van der Waals surface area contributed by atoms with Crippen molar-refractivity contribution in [3.63, 3.8) is 0 Å². The van der Waals surface area contributed by atoms with Gasteiger partial charge in [0.2, 0.25) is 0 Å². The SMILES string of the molecule is O=C(Nc1nn(CCOC(F)F)c2c(C3CC3)cccc12)c1ccc(F)cc1. The van der Waals surface area contributed by atoms with E-state index in [4.69, 9.17) is 0 Å². The van der Waals surface area contributed by atoms with Crippen molar-refractivity contribution in [2.45, 2.75) is 31.9 Å². The number of rotatable bonds is 7. The van der Waals surface area contributed by atoms with E-state index in [9.17, 15) is 18.0 Å². The van der Waals surface area contributed by atoms with Gasteiger partial charge in [-0.2, -0.15) is 13.9 Å². The number of carbonyl (C=O) groups excluding carboxylic acids is 1. The molecule has 0 aliphatic heterocycles. The molecule has 1 saturated carbocycles. The van der Waals surface area contributed by atoms with Crippen LogP contribution in [0.15, 0.2) is 42.5 Å². The van der Waals surface area contributed by atoms with Gasteiger partial charge in [0.15, 0.2) is 5.82 Å². The molecule has 3 aromatic rings. The lowest BCUT2D eigenvalue weighted by Crippen LogP contribution is -2.14. The zero-order valence-electron chi connectivity index (χ0n) is 14.9. The fourth-order valence-electron chi connectivity index (χ4n) is 3.25. The molecule has 0 unspecified atom stereocenters. The van der Waals surface area contributed by atoms with Gasteiger partial charge in [-0.1, -0.05) is 12.1 Å². The number of fused-ring (bicyclic) bond motifs is 1. The normalized spacial score (nSPS) is 14.0. The number of carbonyl (C=O) groups is 1. The van der Waals surface area contributed by atoms with Crippen LogP contribution in [0.1, 0.15) is 34.7 Å². The molecule has 1 N–H and O–H groups in total. The van der Waals surface area contributed by atoms with Crippen LogP contribution < -0.4 is 5.32 Å². The zero-order valence-corrected chi connectivity index (χ0v) is 14.9. The number of amides is 1. The Balaban J connectivity index is 1.66. The molecule has 2 aromatic carbocycles. The molecule has 1 amide bonds. The highest BCUT2D eigenvalue weighted by Gasteiger charge is 2.28. The number of hydrogen-bond donors (Lipinski definition) is 1. The summed E-state index contributed by atoms with van der Waals surface area (Å²) >= 11 is 0. The molecule has 4 rings (SSSR count). The predicted octanol–water partition coefficient (Wildman–Crippen LogP) is 4.54. The Morgan fingerprint density at radius 2 is 1.96 bits per heavy atom. The molecule has 1 aliphatic rings. The summed E-state index contributed by atoms with van der Waals surface area (Å²) in [5.41, 5.74) is 2.20. The van der Waals surface area contributed by atoms with Gasteiger partial charge in [0.1, 0.15) is 5.82 Å². The van der Waals surface area contributed by atoms with Crippen molar-refractivity contribution in [3.05, 3.63) is 59.4 Å². The first kappa shape index (κ1) is 18.5. The van der Waals surface area contributed by atoms with E-state index in [0.29, 0.717) is 17.3 Å². The van der Waals surface area contributed by atoms with Gasteiger partial charge in [-0.05, 0) is 54.7 Å². The number of para-hydroxylation sites is 1. The lowest BCUT2D eigenvalue weighted by molar-refractivity contribution is -0.130. The van der Waals surface area contributed by atoms with Crippen molar-refractivity contribution in [1.29, 1.82) is 0 Å². The Morgan fingerprint density at radius 3 is 2.64 bits per heavy atom. The van der Waals surface area contributed by atoms with Crippen LogP contribution in [-0.4, -0.2) is 28.9 Å². The molecule has 1 aromatic heterocycles. The van der Waals surface area contributed by atoms with Crippen molar-refractivity contribution in [3.8, 4) is 0 Å². The van der Waals surface area contributed by atoms with E-state index >= 15 is 0 Å². The minimum atomic E-state index is -2.85. The van der Waals surface area contributed by atoms with Gasteiger partial charge in [-0.15, -0.1) is 0 Å². The number of ether oxygens (including phenoxy) is 1. The third-order valence-electron chi connectivity index (χ3n) is 4.70. The summed E-state index contributed by atoms with van der Waals surface area (Å²) in [5.74, 6) is -0.105. The number of hydrogen-bond acceptors (Lipinski definition) is 3. The molecule has 0 spiro atoms. The average Bonchev–Trinajstić information content (AvgIpc) is 3.46. The maximum absolute atomic E-state index is 13.1. The molecule has 1 fully saturated rings. The monoisotopic (exact) mass is 389 g/mol. The fraction of sp³-hybridized carbons (Fsp3) is 0.300. The number of nitrogens with one attached hydrogen (secondary N) is 1. The van der Waals surface area contributed by atoms with E-state index < -0.39 is 18.3 Å². The first-order valence-corrected chi connectivity index (χ1v) is 8.99. The summed E-state index contributed by atoms with van der Waals surface area (Å²) in [6, 6.07) is 10.9. The smallest absolute Gasteiger partial charge is 0.321 e. The van der Waals surface area contributed by atoms with E-state index in [0.717, 1.165) is 29.3 Å². The highest BCUT2D eigenvalue weighted by atomic mass is 19.3. The molecule has 0 bridgehead atoms. The number of benzene rings is 2. The van der Waals surface area contributed by atoms with Crippen LogP contribution in [0.2, 0.25) is 0 Å². The average molecular weight is 389 g/mol. The van der Waals surface area contributed by atoms with Crippen molar-refractivity contribution >= 4 is 22.6 Å². The van der Waals surface area contributed by atoms with Crippen LogP contribution >= 0.6 is 0 Å². The van der Waals surface area contributed by atoms with Crippen LogP contribution in [0, 0.1) is 5.82 Å². The summed E-state index contributed by atoms with van der Waals surface area (Å²) in [4.78, 5) is 12.5. The third kappa shape index (κ3) is 3.87. The van der Waals surface area contributed by atoms with Gasteiger partial charge in [-0.3, -0.25) is 9.48 Å². The second-order valence-corrected chi connectivity index (χ2v) is 6.68. The number of alkyl halides is 2. The maximum Gasteiger partial charge on any atom is 0.345 e. The van der Waals surface area contributed by atoms with E-state index in [2.05, 4.69) is 15.2 Å². The number of aromatic nitrogens is 2. The highest BCUT2D eigenvalue weighted by molar-refractivity contribution is 6.08. The van der Waals surface area contributed by atoms with Gasteiger partial charge in [0, 0.05) is 10.9 Å². The van der Waals surface area contributed by atoms with Gasteiger partial charge in [-0.25, -0.2) is 4.39 Å². The summed E-state index contributed by atoms with van der Waals surface area (Å²) in [7, 11) is 0. The van der Waals surface area contributed by atoms with Crippen molar-refractivity contribution < 1.29 is 22.7 Å². The minimum Gasteiger partial charge on any atom is -0.321 e. The topological polar surface area (TPSA) is 56.2 Å². The first-order chi connectivity index (χ1) is 13.5. The lowest BCUT2D eigenvalue weighted by Gasteiger charge is -2.07. The van der Waals surface area contributed by atoms with Gasteiger partial charge >= 0.3 is 6.61 Å². The van der Waals surface area contributed by atoms with E-state index in [1.807, 2.05) is 18.2 Å². The van der Waals surface area contributed by atoms with Crippen LogP contribution in [0.25, 0.3) is 10.9 Å². The summed E-state index contributed by atoms with van der Waals surface area (Å²) in [6.45, 7) is -2.90. The minimum absolute atomic E-state index is 0.136. The second-order valence-electron chi connectivity index (χ2n) is 6.68. The molecule has 0 saturated heterocycles. The molecule has 0 atom stereocenters. The summed E-state index contributed by atoms with van der Waals surface area (Å²) in [5, 5.41) is 7.90. The molecule has 146 valence electrons. The lowest BCUT2D eigenvalue weighted by atomic mass is 10.1. The summed E-state index contributed by atoms with van der Waals surface area (Å²) in [6.07, 6.45) is 2.13. The van der Waals surface area contributed by atoms with Crippen LogP contribution in [0.3, 0.4) is 0 Å². The number of nitrogens with zero attached hydrogens (tertiary/aromatic N) is 2. The molecule has 8 heteroatoms. The number of halogens is 3. The Hall–Kier alpha value is -2.87. The molecular weight excluding hydrogens is 371 g/mol. The highest BCUT2D eigenvalue weighted by Crippen LogP contribution is 2.44. The van der Waals surface area contributed by atoms with Crippen molar-refractivity contribution in [2.24, 2.45) is 0 Å². The van der Waals surface area contributed by atoms with Gasteiger partial charge in [0.05, 0.1) is 18.7 Å². The van der Waals surface area contributed by atoms with E-state index in [-0.39, 0.29) is 13.2 Å². The summed E-state index contributed by atoms with van der Waals surface area (Å²) < 4.78 is 43.7. The van der Waals surface area contributed by atoms with Crippen LogP contribution in [0.5, 0.6) is 0 Å². The largest absolute Gasteiger partial charge is 0.345 e. The van der Waals surface area contributed by atoms with Crippen molar-refractivity contribution in [2.75, 3.05) is 11.9 Å². The van der Waals surface area contributed by atoms with Crippen molar-refractivity contribution in [1.82, 2.24) is 9.78 Å². The molecule has 1 heterocycles. The third-order valence-corrected chi connectivity index (χ3v) is 4.70. The van der Waals surface area contributed by atoms with Crippen LogP contribution in [-0.2, 0) is 11.3 Å². The Kier molecular flexibility index (Phi) is 5.04. The van der Waals surface area contributed by atoms with Crippen LogP contribution in [0.4, 0.5) is 19.0 Å². The second kappa shape index (κ2) is 7.63. The molecule has 28 heavy (non-hydrogen) atoms. The zero-order chi connectivity index (χ0) is 19.7. The molecular formula is C20H18F3N3O2. The first-order valence-electron chi connectivity index (χ1n) is 8.99. The Bertz CT molecular complexity index is 998. The predicted molar refractivity (Wildman–Crippen MR) is 98.0 cm³/mol. The quantitative estimate of drug-likeness (QED) is 0.645. The van der Waals surface area contributed by atoms with E-state index in [1.54, 1.807) is 4.68 Å². The maximum atomic E-state index is 13.1. The molecule has 1 aliphatic carbocycles. The Labute approximate surface area is 159 Å². The van der Waals surface area contributed by atoms with E-state index in [1.165, 1.54) is 24.3 Å². The molecule has 5 nitrogen and oxygen atoms in total. The Morgan fingerprint density at radius 1 is 1.21 bits per heavy atom. The number of anilines is 1. The van der Waals surface area contributed by atoms with Gasteiger partial charge < -0.3 is 10.1 Å². The molecule has 0 radical (unpaired) electrons. The standard InChI is InChI=1S/C20H18F3N3O2/c21-14-8-6-13(7-9-14)19(27)24-18-16-3-1-2-15(12-4-5-12)17(16)26(25-18)10-11-28-20(22)23/h1-3,6-9,12,20H,4-5,10-11H2,(H,24,25,27).